The second kappa shape index (κ2) is 12.1. The molecule has 0 aliphatic carbocycles. The molecule has 0 bridgehead atoms. The number of hydrogen-bond acceptors (Lipinski definition) is 3. The molecule has 0 saturated heterocycles. The van der Waals surface area contributed by atoms with Crippen LogP contribution in [0.25, 0.3) is 0 Å². The molecular weight excluding hydrogens is 207 g/mol. The number of aliphatic carboxylic acids is 1. The molecule has 0 aromatic rings. The average molecular weight is 226 g/mol. The number of aliphatic hydroxyl groups excluding tert-OH is 1. The number of carboxylic acid groups (broad SMARTS) is 1. The second-order valence-corrected chi connectivity index (χ2v) is 3.41. The summed E-state index contributed by atoms with van der Waals surface area (Å²) in [4.78, 5) is 10.0. The van der Waals surface area contributed by atoms with Crippen LogP contribution < -0.4 is 56.5 Å². The van der Waals surface area contributed by atoms with E-state index in [1.54, 1.807) is 0 Å². The van der Waals surface area contributed by atoms with E-state index in [2.05, 4.69) is 6.92 Å². The molecule has 0 aromatic carbocycles. The van der Waals surface area contributed by atoms with Crippen molar-refractivity contribution in [2.24, 2.45) is 0 Å². The van der Waals surface area contributed by atoms with Gasteiger partial charge in [0.15, 0.2) is 0 Å². The Bertz CT molecular complexity index is 139. The first-order chi connectivity index (χ1) is 6.16. The number of unbranched alkanes of at least 4 members (excludes halogenated alkanes) is 2. The molecule has 4 heteroatoms. The number of carbonyl (C=O) groups excluding carboxylic acids is 1. The number of rotatable bonds is 8. The van der Waals surface area contributed by atoms with Gasteiger partial charge in [0, 0.05) is 5.97 Å². The summed E-state index contributed by atoms with van der Waals surface area (Å²) in [5, 5.41) is 19.4. The quantitative estimate of drug-likeness (QED) is 0.379. The van der Waals surface area contributed by atoms with Crippen LogP contribution >= 0.6 is 0 Å². The molecule has 1 atom stereocenters. The van der Waals surface area contributed by atoms with Gasteiger partial charge in [0.05, 0.1) is 6.10 Å². The molecule has 0 heterocycles. The average Bonchev–Trinajstić information content (AvgIpc) is 2.04. The maximum atomic E-state index is 10.0. The first kappa shape index (κ1) is 17.5. The van der Waals surface area contributed by atoms with E-state index in [0.29, 0.717) is 12.8 Å². The predicted molar refractivity (Wildman–Crippen MR) is 49.0 cm³/mol. The topological polar surface area (TPSA) is 60.4 Å². The molecule has 0 radical (unpaired) electrons. The Morgan fingerprint density at radius 1 is 1.29 bits per heavy atom. The largest absolute Gasteiger partial charge is 1.00 e. The first-order valence-electron chi connectivity index (χ1n) is 5.04. The van der Waals surface area contributed by atoms with Crippen molar-refractivity contribution in [1.29, 1.82) is 0 Å². The molecule has 0 aliphatic heterocycles. The Labute approximate surface area is 129 Å². The van der Waals surface area contributed by atoms with Crippen LogP contribution in [0.4, 0.5) is 0 Å². The van der Waals surface area contributed by atoms with E-state index in [1.165, 1.54) is 0 Å². The summed E-state index contributed by atoms with van der Waals surface area (Å²) in [5.41, 5.74) is 0. The minimum absolute atomic E-state index is 0. The van der Waals surface area contributed by atoms with E-state index >= 15 is 0 Å². The van der Waals surface area contributed by atoms with E-state index in [-0.39, 0.29) is 63.9 Å². The van der Waals surface area contributed by atoms with Gasteiger partial charge in [-0.15, -0.1) is 0 Å². The van der Waals surface area contributed by atoms with E-state index in [9.17, 15) is 15.0 Å². The van der Waals surface area contributed by atoms with Gasteiger partial charge < -0.3 is 15.0 Å². The molecule has 0 aliphatic rings. The Morgan fingerprint density at radius 3 is 2.36 bits per heavy atom. The van der Waals surface area contributed by atoms with Gasteiger partial charge in [0.2, 0.25) is 0 Å². The molecule has 0 spiro atoms. The Hall–Kier alpha value is 1.07. The number of carboxylic acids is 1. The normalized spacial score (nSPS) is 11.9. The molecule has 0 aromatic heterocycles. The van der Waals surface area contributed by atoms with Crippen LogP contribution in [0.15, 0.2) is 0 Å². The molecule has 0 amide bonds. The SMILES string of the molecule is CCCCC[C@H](O)CCCC(=O)[O-].[K+]. The van der Waals surface area contributed by atoms with Crippen LogP contribution in [0.2, 0.25) is 0 Å². The van der Waals surface area contributed by atoms with Crippen LogP contribution in [0.3, 0.4) is 0 Å². The van der Waals surface area contributed by atoms with Gasteiger partial charge in [0.25, 0.3) is 0 Å². The summed E-state index contributed by atoms with van der Waals surface area (Å²) in [6.45, 7) is 2.11. The van der Waals surface area contributed by atoms with Crippen molar-refractivity contribution in [1.82, 2.24) is 0 Å². The fourth-order valence-corrected chi connectivity index (χ4v) is 1.26. The summed E-state index contributed by atoms with van der Waals surface area (Å²) < 4.78 is 0. The maximum Gasteiger partial charge on any atom is 1.00 e. The van der Waals surface area contributed by atoms with Gasteiger partial charge in [-0.1, -0.05) is 26.2 Å². The van der Waals surface area contributed by atoms with Crippen molar-refractivity contribution >= 4 is 5.97 Å². The van der Waals surface area contributed by atoms with Crippen molar-refractivity contribution in [2.45, 2.75) is 58.0 Å². The third-order valence-electron chi connectivity index (χ3n) is 2.06. The van der Waals surface area contributed by atoms with Crippen LogP contribution in [-0.4, -0.2) is 17.2 Å². The zero-order valence-corrected chi connectivity index (χ0v) is 12.4. The Balaban J connectivity index is 0. The first-order valence-corrected chi connectivity index (χ1v) is 5.04. The molecule has 0 unspecified atom stereocenters. The van der Waals surface area contributed by atoms with Crippen LogP contribution in [0.1, 0.15) is 51.9 Å². The van der Waals surface area contributed by atoms with Gasteiger partial charge in [-0.05, 0) is 25.7 Å². The standard InChI is InChI=1S/C10H20O3.K/c1-2-3-4-6-9(11)7-5-8-10(12)13;/h9,11H,2-8H2,1H3,(H,12,13);/q;+1/p-1/t9-;/m0./s1. The summed E-state index contributed by atoms with van der Waals surface area (Å²) in [5.74, 6) is -1.03. The smallest absolute Gasteiger partial charge is 0.550 e. The Morgan fingerprint density at radius 2 is 1.86 bits per heavy atom. The summed E-state index contributed by atoms with van der Waals surface area (Å²) >= 11 is 0. The second-order valence-electron chi connectivity index (χ2n) is 3.41. The number of hydrogen-bond donors (Lipinski definition) is 1. The minimum Gasteiger partial charge on any atom is -0.550 e. The van der Waals surface area contributed by atoms with Crippen molar-refractivity contribution in [3.63, 3.8) is 0 Å². The molecule has 1 N–H and O–H groups in total. The zero-order valence-electron chi connectivity index (χ0n) is 9.29. The minimum atomic E-state index is -1.03. The van der Waals surface area contributed by atoms with E-state index in [1.807, 2.05) is 0 Å². The molecule has 0 rings (SSSR count). The van der Waals surface area contributed by atoms with E-state index in [4.69, 9.17) is 0 Å². The molecule has 78 valence electrons. The Kier molecular flexibility index (Phi) is 15.1. The van der Waals surface area contributed by atoms with Crippen LogP contribution in [-0.2, 0) is 4.79 Å². The molecule has 0 fully saturated rings. The van der Waals surface area contributed by atoms with Crippen molar-refractivity contribution in [3.8, 4) is 0 Å². The van der Waals surface area contributed by atoms with Crippen LogP contribution in [0.5, 0.6) is 0 Å². The van der Waals surface area contributed by atoms with Gasteiger partial charge in [-0.3, -0.25) is 0 Å². The van der Waals surface area contributed by atoms with Crippen molar-refractivity contribution < 1.29 is 66.4 Å². The molecular formula is C10H19KO3. The van der Waals surface area contributed by atoms with Gasteiger partial charge >= 0.3 is 51.4 Å². The third kappa shape index (κ3) is 13.1. The summed E-state index contributed by atoms with van der Waals surface area (Å²) in [6, 6.07) is 0. The molecule has 3 nitrogen and oxygen atoms in total. The summed E-state index contributed by atoms with van der Waals surface area (Å²) in [7, 11) is 0. The van der Waals surface area contributed by atoms with Crippen LogP contribution in [0, 0.1) is 0 Å². The van der Waals surface area contributed by atoms with Gasteiger partial charge in [0.1, 0.15) is 0 Å². The zero-order chi connectivity index (χ0) is 10.1. The third-order valence-corrected chi connectivity index (χ3v) is 2.06. The molecule has 14 heavy (non-hydrogen) atoms. The fraction of sp³-hybridized carbons (Fsp3) is 0.900. The summed E-state index contributed by atoms with van der Waals surface area (Å²) in [6.07, 6.45) is 4.94. The van der Waals surface area contributed by atoms with Crippen molar-refractivity contribution in [2.75, 3.05) is 0 Å². The monoisotopic (exact) mass is 226 g/mol. The maximum absolute atomic E-state index is 10.0. The van der Waals surface area contributed by atoms with E-state index < -0.39 is 5.97 Å². The van der Waals surface area contributed by atoms with Gasteiger partial charge in [-0.25, -0.2) is 0 Å². The van der Waals surface area contributed by atoms with Gasteiger partial charge in [-0.2, -0.15) is 0 Å². The van der Waals surface area contributed by atoms with Crippen molar-refractivity contribution in [3.05, 3.63) is 0 Å². The van der Waals surface area contributed by atoms with E-state index in [0.717, 1.165) is 25.7 Å². The fourth-order valence-electron chi connectivity index (χ4n) is 1.26. The number of carbonyl (C=O) groups is 1. The predicted octanol–water partition coefficient (Wildman–Crippen LogP) is -2.15. The molecule has 0 saturated carbocycles. The number of aliphatic hydroxyl groups is 1.